The molecule has 0 atom stereocenters. The van der Waals surface area contributed by atoms with Gasteiger partial charge in [-0.3, -0.25) is 9.69 Å². The van der Waals surface area contributed by atoms with E-state index in [4.69, 9.17) is 9.47 Å². The highest BCUT2D eigenvalue weighted by molar-refractivity contribution is 6.04. The predicted molar refractivity (Wildman–Crippen MR) is 123 cm³/mol. The van der Waals surface area contributed by atoms with Crippen LogP contribution >= 0.6 is 0 Å². The van der Waals surface area contributed by atoms with E-state index in [1.165, 1.54) is 19.0 Å². The van der Waals surface area contributed by atoms with Gasteiger partial charge in [0.1, 0.15) is 18.0 Å². The van der Waals surface area contributed by atoms with Crippen LogP contribution in [-0.4, -0.2) is 61.2 Å². The molecule has 0 radical (unpaired) electrons. The van der Waals surface area contributed by atoms with Crippen LogP contribution in [0.25, 0.3) is 0 Å². The van der Waals surface area contributed by atoms with Gasteiger partial charge in [-0.25, -0.2) is 9.97 Å². The van der Waals surface area contributed by atoms with Gasteiger partial charge in [0.25, 0.3) is 5.91 Å². The Morgan fingerprint density at radius 2 is 1.69 bits per heavy atom. The Morgan fingerprint density at radius 1 is 0.938 bits per heavy atom. The van der Waals surface area contributed by atoms with Crippen molar-refractivity contribution in [1.29, 1.82) is 0 Å². The molecule has 1 fully saturated rings. The minimum Gasteiger partial charge on any atom is -0.493 e. The number of amides is 1. The molecule has 0 bridgehead atoms. The number of rotatable bonds is 7. The van der Waals surface area contributed by atoms with Gasteiger partial charge in [0.2, 0.25) is 0 Å². The first kappa shape index (κ1) is 21.6. The van der Waals surface area contributed by atoms with E-state index in [9.17, 15) is 4.79 Å². The number of hydrogen-bond acceptors (Lipinski definition) is 7. The summed E-state index contributed by atoms with van der Waals surface area (Å²) < 4.78 is 10.5. The second-order valence-corrected chi connectivity index (χ2v) is 7.53. The Kier molecular flexibility index (Phi) is 6.81. The monoisotopic (exact) mass is 433 g/mol. The predicted octanol–water partition coefficient (Wildman–Crippen LogP) is 3.07. The van der Waals surface area contributed by atoms with Gasteiger partial charge in [-0.1, -0.05) is 30.3 Å². The van der Waals surface area contributed by atoms with Crippen LogP contribution in [-0.2, 0) is 6.54 Å². The van der Waals surface area contributed by atoms with E-state index in [2.05, 4.69) is 49.4 Å². The summed E-state index contributed by atoms with van der Waals surface area (Å²) in [4.78, 5) is 26.0. The number of methoxy groups -OCH3 is 2. The fourth-order valence-corrected chi connectivity index (χ4v) is 3.73. The molecule has 0 aliphatic carbocycles. The number of nitrogens with zero attached hydrogens (tertiary/aromatic N) is 4. The van der Waals surface area contributed by atoms with Crippen LogP contribution in [0, 0.1) is 0 Å². The lowest BCUT2D eigenvalue weighted by molar-refractivity contribution is 0.102. The molecule has 4 rings (SSSR count). The molecule has 0 unspecified atom stereocenters. The Hall–Kier alpha value is -3.65. The van der Waals surface area contributed by atoms with Crippen molar-refractivity contribution in [3.63, 3.8) is 0 Å². The van der Waals surface area contributed by atoms with Crippen molar-refractivity contribution < 1.29 is 14.3 Å². The van der Waals surface area contributed by atoms with E-state index in [0.717, 1.165) is 38.5 Å². The molecule has 1 aliphatic rings. The van der Waals surface area contributed by atoms with Crippen LogP contribution in [0.2, 0.25) is 0 Å². The summed E-state index contributed by atoms with van der Waals surface area (Å²) in [6, 6.07) is 17.3. The molecule has 2 heterocycles. The molecule has 1 amide bonds. The molecule has 1 N–H and O–H groups in total. The quantitative estimate of drug-likeness (QED) is 0.613. The highest BCUT2D eigenvalue weighted by atomic mass is 16.5. The van der Waals surface area contributed by atoms with Gasteiger partial charge >= 0.3 is 0 Å². The van der Waals surface area contributed by atoms with Crippen LogP contribution in [0.5, 0.6) is 11.5 Å². The fourth-order valence-electron chi connectivity index (χ4n) is 3.73. The number of hydrogen-bond donors (Lipinski definition) is 1. The van der Waals surface area contributed by atoms with Gasteiger partial charge in [0.05, 0.1) is 14.2 Å². The standard InChI is InChI=1S/C24H27N5O3/c1-31-20-9-8-19(14-21(20)32-2)24(30)27-22-15-23(26-17-25-22)29-12-10-28(11-13-29)16-18-6-4-3-5-7-18/h3-9,14-15,17H,10-13,16H2,1-2H3,(H,25,26,27,30). The lowest BCUT2D eigenvalue weighted by Crippen LogP contribution is -2.46. The summed E-state index contributed by atoms with van der Waals surface area (Å²) in [6.45, 7) is 4.59. The fraction of sp³-hybridized carbons (Fsp3) is 0.292. The van der Waals surface area contributed by atoms with Crippen LogP contribution in [0.3, 0.4) is 0 Å². The van der Waals surface area contributed by atoms with E-state index in [1.54, 1.807) is 25.3 Å². The third-order valence-corrected chi connectivity index (χ3v) is 5.49. The molecule has 0 spiro atoms. The number of carbonyl (C=O) groups is 1. The molecule has 1 aliphatic heterocycles. The van der Waals surface area contributed by atoms with E-state index in [-0.39, 0.29) is 5.91 Å². The van der Waals surface area contributed by atoms with Crippen molar-refractivity contribution in [2.45, 2.75) is 6.54 Å². The van der Waals surface area contributed by atoms with Gasteiger partial charge in [0, 0.05) is 44.4 Å². The van der Waals surface area contributed by atoms with Gasteiger partial charge in [-0.2, -0.15) is 0 Å². The van der Waals surface area contributed by atoms with Crippen LogP contribution in [0.1, 0.15) is 15.9 Å². The summed E-state index contributed by atoms with van der Waals surface area (Å²) in [7, 11) is 3.09. The first-order chi connectivity index (χ1) is 15.7. The molecule has 3 aromatic rings. The number of carbonyl (C=O) groups excluding carboxylic acids is 1. The topological polar surface area (TPSA) is 79.8 Å². The number of ether oxygens (including phenoxy) is 2. The zero-order chi connectivity index (χ0) is 22.3. The first-order valence-electron chi connectivity index (χ1n) is 10.5. The summed E-state index contributed by atoms with van der Waals surface area (Å²) in [5.74, 6) is 2.06. The first-order valence-corrected chi connectivity index (χ1v) is 10.5. The number of piperazine rings is 1. The molecule has 2 aromatic carbocycles. The molecule has 8 nitrogen and oxygen atoms in total. The van der Waals surface area contributed by atoms with Gasteiger partial charge in [-0.05, 0) is 23.8 Å². The van der Waals surface area contributed by atoms with E-state index >= 15 is 0 Å². The van der Waals surface area contributed by atoms with Crippen LogP contribution < -0.4 is 19.7 Å². The number of anilines is 2. The molecule has 166 valence electrons. The van der Waals surface area contributed by atoms with E-state index in [1.807, 2.05) is 12.1 Å². The van der Waals surface area contributed by atoms with Gasteiger partial charge < -0.3 is 19.7 Å². The molecule has 0 saturated carbocycles. The summed E-state index contributed by atoms with van der Waals surface area (Å²) in [6.07, 6.45) is 1.48. The Balaban J connectivity index is 1.37. The second-order valence-electron chi connectivity index (χ2n) is 7.53. The molecule has 1 saturated heterocycles. The second kappa shape index (κ2) is 10.1. The van der Waals surface area contributed by atoms with Crippen LogP contribution in [0.4, 0.5) is 11.6 Å². The highest BCUT2D eigenvalue weighted by Gasteiger charge is 2.19. The van der Waals surface area contributed by atoms with Crippen LogP contribution in [0.15, 0.2) is 60.9 Å². The minimum atomic E-state index is -0.275. The Bertz CT molecular complexity index is 1050. The molecular weight excluding hydrogens is 406 g/mol. The van der Waals surface area contributed by atoms with E-state index in [0.29, 0.717) is 22.9 Å². The maximum atomic E-state index is 12.7. The summed E-state index contributed by atoms with van der Waals surface area (Å²) >= 11 is 0. The number of benzene rings is 2. The smallest absolute Gasteiger partial charge is 0.256 e. The molecule has 1 aromatic heterocycles. The maximum absolute atomic E-state index is 12.7. The van der Waals surface area contributed by atoms with Crippen molar-refractivity contribution in [3.05, 3.63) is 72.1 Å². The minimum absolute atomic E-state index is 0.275. The molecular formula is C24H27N5O3. The average Bonchev–Trinajstić information content (AvgIpc) is 2.85. The summed E-state index contributed by atoms with van der Waals surface area (Å²) in [5.41, 5.74) is 1.78. The number of nitrogens with one attached hydrogen (secondary N) is 1. The van der Waals surface area contributed by atoms with Gasteiger partial charge in [-0.15, -0.1) is 0 Å². The lowest BCUT2D eigenvalue weighted by atomic mass is 10.2. The average molecular weight is 434 g/mol. The zero-order valence-corrected chi connectivity index (χ0v) is 18.3. The maximum Gasteiger partial charge on any atom is 0.256 e. The highest BCUT2D eigenvalue weighted by Crippen LogP contribution is 2.28. The zero-order valence-electron chi connectivity index (χ0n) is 18.3. The largest absolute Gasteiger partial charge is 0.493 e. The lowest BCUT2D eigenvalue weighted by Gasteiger charge is -2.35. The van der Waals surface area contributed by atoms with Crippen molar-refractivity contribution in [2.75, 3.05) is 50.6 Å². The number of aromatic nitrogens is 2. The van der Waals surface area contributed by atoms with Crippen molar-refractivity contribution in [3.8, 4) is 11.5 Å². The summed E-state index contributed by atoms with van der Waals surface area (Å²) in [5, 5.41) is 2.84. The SMILES string of the molecule is COc1ccc(C(=O)Nc2cc(N3CCN(Cc4ccccc4)CC3)ncn2)cc1OC. The Morgan fingerprint density at radius 3 is 2.41 bits per heavy atom. The van der Waals surface area contributed by atoms with Gasteiger partial charge in [0.15, 0.2) is 11.5 Å². The third kappa shape index (κ3) is 5.15. The van der Waals surface area contributed by atoms with E-state index < -0.39 is 0 Å². The van der Waals surface area contributed by atoms with Crippen molar-refractivity contribution in [2.24, 2.45) is 0 Å². The normalized spacial score (nSPS) is 14.1. The molecule has 32 heavy (non-hydrogen) atoms. The third-order valence-electron chi connectivity index (χ3n) is 5.49. The van der Waals surface area contributed by atoms with Crippen molar-refractivity contribution in [1.82, 2.24) is 14.9 Å². The molecule has 8 heteroatoms. The van der Waals surface area contributed by atoms with Crippen molar-refractivity contribution >= 4 is 17.5 Å². The Labute approximate surface area is 187 Å².